The number of amides is 1. The summed E-state index contributed by atoms with van der Waals surface area (Å²) < 4.78 is 7.20. The van der Waals surface area contributed by atoms with Crippen molar-refractivity contribution in [2.24, 2.45) is 5.73 Å². The molecule has 5 heteroatoms. The highest BCUT2D eigenvalue weighted by molar-refractivity contribution is 5.90. The second kappa shape index (κ2) is 3.79. The lowest BCUT2D eigenvalue weighted by molar-refractivity contribution is 0.0695. The Balaban J connectivity index is 2.11. The number of primary amides is 1. The maximum Gasteiger partial charge on any atom is 0.268 e. The van der Waals surface area contributed by atoms with Crippen LogP contribution >= 0.6 is 0 Å². The van der Waals surface area contributed by atoms with Crippen LogP contribution in [0.4, 0.5) is 0 Å². The number of nitrogens with two attached hydrogens (primary N) is 1. The monoisotopic (exact) mass is 195 g/mol. The summed E-state index contributed by atoms with van der Waals surface area (Å²) in [6, 6.07) is 0.393. The van der Waals surface area contributed by atoms with Crippen LogP contribution in [0, 0.1) is 0 Å². The number of carbonyl (C=O) groups excluding carboxylic acids is 1. The van der Waals surface area contributed by atoms with E-state index in [9.17, 15) is 4.79 Å². The van der Waals surface area contributed by atoms with E-state index in [-0.39, 0.29) is 0 Å². The number of hydrogen-bond donors (Lipinski definition) is 1. The van der Waals surface area contributed by atoms with Gasteiger partial charge in [0, 0.05) is 25.5 Å². The van der Waals surface area contributed by atoms with Crippen molar-refractivity contribution in [2.45, 2.75) is 18.9 Å². The summed E-state index contributed by atoms with van der Waals surface area (Å²) in [7, 11) is 0. The summed E-state index contributed by atoms with van der Waals surface area (Å²) in [6.07, 6.45) is 5.30. The van der Waals surface area contributed by atoms with Crippen LogP contribution in [0.1, 0.15) is 29.4 Å². The molecule has 1 aliphatic rings. The Morgan fingerprint density at radius 3 is 2.86 bits per heavy atom. The normalized spacial score (nSPS) is 18.3. The molecule has 76 valence electrons. The summed E-state index contributed by atoms with van der Waals surface area (Å²) in [5.41, 5.74) is 5.45. The molecule has 2 heterocycles. The fourth-order valence-corrected chi connectivity index (χ4v) is 1.65. The van der Waals surface area contributed by atoms with E-state index in [2.05, 4.69) is 4.98 Å². The molecule has 2 rings (SSSR count). The third-order valence-electron chi connectivity index (χ3n) is 2.47. The van der Waals surface area contributed by atoms with Gasteiger partial charge in [-0.25, -0.2) is 4.98 Å². The van der Waals surface area contributed by atoms with Crippen molar-refractivity contribution in [3.63, 3.8) is 0 Å². The van der Waals surface area contributed by atoms with Crippen molar-refractivity contribution in [1.29, 1.82) is 0 Å². The summed E-state index contributed by atoms with van der Waals surface area (Å²) in [4.78, 5) is 14.8. The molecule has 0 saturated carbocycles. The number of nitrogens with zero attached hydrogens (tertiary/aromatic N) is 2. The van der Waals surface area contributed by atoms with Gasteiger partial charge >= 0.3 is 0 Å². The van der Waals surface area contributed by atoms with Gasteiger partial charge in [0.15, 0.2) is 0 Å². The fraction of sp³-hybridized carbons (Fsp3) is 0.556. The largest absolute Gasteiger partial charge is 0.381 e. The van der Waals surface area contributed by atoms with Crippen LogP contribution in [0.2, 0.25) is 0 Å². The lowest BCUT2D eigenvalue weighted by atomic mass is 10.1. The van der Waals surface area contributed by atoms with Crippen LogP contribution in [0.15, 0.2) is 12.5 Å². The van der Waals surface area contributed by atoms with E-state index >= 15 is 0 Å². The Hall–Kier alpha value is -1.36. The minimum atomic E-state index is -0.476. The fourth-order valence-electron chi connectivity index (χ4n) is 1.65. The van der Waals surface area contributed by atoms with Gasteiger partial charge in [-0.2, -0.15) is 0 Å². The molecule has 0 atom stereocenters. The first-order valence-corrected chi connectivity index (χ1v) is 4.68. The number of hydrogen-bond acceptors (Lipinski definition) is 3. The van der Waals surface area contributed by atoms with Crippen molar-refractivity contribution >= 4 is 5.91 Å². The molecular formula is C9H13N3O2. The van der Waals surface area contributed by atoms with Crippen LogP contribution in [-0.4, -0.2) is 28.7 Å². The molecule has 1 aromatic rings. The molecule has 1 aliphatic heterocycles. The van der Waals surface area contributed by atoms with Gasteiger partial charge < -0.3 is 15.0 Å². The van der Waals surface area contributed by atoms with Crippen LogP contribution in [0.5, 0.6) is 0 Å². The van der Waals surface area contributed by atoms with Gasteiger partial charge in [0.2, 0.25) is 0 Å². The third kappa shape index (κ3) is 1.77. The molecule has 1 saturated heterocycles. The summed E-state index contributed by atoms with van der Waals surface area (Å²) in [5.74, 6) is -0.476. The molecule has 1 amide bonds. The Morgan fingerprint density at radius 2 is 2.29 bits per heavy atom. The first-order valence-electron chi connectivity index (χ1n) is 4.68. The number of carbonyl (C=O) groups is 1. The zero-order valence-corrected chi connectivity index (χ0v) is 7.85. The van der Waals surface area contributed by atoms with Crippen LogP contribution in [0.3, 0.4) is 0 Å². The van der Waals surface area contributed by atoms with Gasteiger partial charge in [-0.15, -0.1) is 0 Å². The summed E-state index contributed by atoms with van der Waals surface area (Å²) >= 11 is 0. The van der Waals surface area contributed by atoms with Crippen molar-refractivity contribution in [1.82, 2.24) is 9.55 Å². The highest BCUT2D eigenvalue weighted by Gasteiger charge is 2.16. The second-order valence-electron chi connectivity index (χ2n) is 3.41. The van der Waals surface area contributed by atoms with Gasteiger partial charge in [-0.3, -0.25) is 4.79 Å². The predicted octanol–water partition coefficient (Wildman–Crippen LogP) is 0.333. The van der Waals surface area contributed by atoms with Crippen molar-refractivity contribution < 1.29 is 9.53 Å². The summed E-state index contributed by atoms with van der Waals surface area (Å²) in [6.45, 7) is 1.55. The molecule has 0 unspecified atom stereocenters. The van der Waals surface area contributed by atoms with E-state index in [0.717, 1.165) is 26.1 Å². The molecule has 5 nitrogen and oxygen atoms in total. The van der Waals surface area contributed by atoms with Crippen LogP contribution in [-0.2, 0) is 4.74 Å². The minimum absolute atomic E-state index is 0.330. The van der Waals surface area contributed by atoms with E-state index in [1.807, 2.05) is 4.57 Å². The smallest absolute Gasteiger partial charge is 0.268 e. The summed E-state index contributed by atoms with van der Waals surface area (Å²) in [5, 5.41) is 0. The Labute approximate surface area is 81.9 Å². The number of rotatable bonds is 2. The van der Waals surface area contributed by atoms with Crippen molar-refractivity contribution in [2.75, 3.05) is 13.2 Å². The molecule has 14 heavy (non-hydrogen) atoms. The number of imidazole rings is 1. The molecule has 1 fully saturated rings. The molecule has 1 aromatic heterocycles. The van der Waals surface area contributed by atoms with Gasteiger partial charge in [0.05, 0.1) is 6.33 Å². The van der Waals surface area contributed by atoms with E-state index in [1.165, 1.54) is 0 Å². The van der Waals surface area contributed by atoms with Gasteiger partial charge in [0.25, 0.3) is 5.91 Å². The van der Waals surface area contributed by atoms with Crippen LogP contribution in [0.25, 0.3) is 0 Å². The molecule has 0 bridgehead atoms. The number of ether oxygens (including phenoxy) is 1. The highest BCUT2D eigenvalue weighted by Crippen LogP contribution is 2.20. The first-order chi connectivity index (χ1) is 6.77. The quantitative estimate of drug-likeness (QED) is 0.739. The lowest BCUT2D eigenvalue weighted by Crippen LogP contribution is -2.18. The molecular weight excluding hydrogens is 182 g/mol. The number of aromatic nitrogens is 2. The van der Waals surface area contributed by atoms with Crippen molar-refractivity contribution in [3.8, 4) is 0 Å². The zero-order valence-electron chi connectivity index (χ0n) is 7.85. The average Bonchev–Trinajstić information content (AvgIpc) is 2.68. The minimum Gasteiger partial charge on any atom is -0.381 e. The van der Waals surface area contributed by atoms with E-state index in [0.29, 0.717) is 11.7 Å². The Bertz CT molecular complexity index is 329. The highest BCUT2D eigenvalue weighted by atomic mass is 16.5. The predicted molar refractivity (Wildman–Crippen MR) is 49.8 cm³/mol. The average molecular weight is 195 g/mol. The van der Waals surface area contributed by atoms with E-state index in [1.54, 1.807) is 12.5 Å². The molecule has 2 N–H and O–H groups in total. The maximum absolute atomic E-state index is 10.8. The third-order valence-corrected chi connectivity index (χ3v) is 2.47. The first kappa shape index (κ1) is 9.21. The Kier molecular flexibility index (Phi) is 2.49. The molecule has 0 aromatic carbocycles. The topological polar surface area (TPSA) is 70.1 Å². The SMILES string of the molecule is NC(=O)c1cn(C2CCOCC2)cn1. The van der Waals surface area contributed by atoms with Gasteiger partial charge in [-0.05, 0) is 12.8 Å². The second-order valence-corrected chi connectivity index (χ2v) is 3.41. The van der Waals surface area contributed by atoms with E-state index < -0.39 is 5.91 Å². The van der Waals surface area contributed by atoms with Gasteiger partial charge in [-0.1, -0.05) is 0 Å². The maximum atomic E-state index is 10.8. The molecule has 0 spiro atoms. The Morgan fingerprint density at radius 1 is 1.57 bits per heavy atom. The standard InChI is InChI=1S/C9H13N3O2/c10-9(13)8-5-12(6-11-8)7-1-3-14-4-2-7/h5-7H,1-4H2,(H2,10,13). The van der Waals surface area contributed by atoms with Gasteiger partial charge in [0.1, 0.15) is 5.69 Å². The van der Waals surface area contributed by atoms with Crippen molar-refractivity contribution in [3.05, 3.63) is 18.2 Å². The van der Waals surface area contributed by atoms with E-state index in [4.69, 9.17) is 10.5 Å². The zero-order chi connectivity index (χ0) is 9.97. The van der Waals surface area contributed by atoms with Crippen LogP contribution < -0.4 is 5.73 Å². The molecule has 0 aliphatic carbocycles. The lowest BCUT2D eigenvalue weighted by Gasteiger charge is -2.22. The molecule has 0 radical (unpaired) electrons.